The molecule has 0 spiro atoms. The molecular formula is C16H23Cl2N3O2S. The van der Waals surface area contributed by atoms with Gasteiger partial charge in [0.05, 0.1) is 6.04 Å². The van der Waals surface area contributed by atoms with Crippen LogP contribution in [-0.4, -0.2) is 49.2 Å². The Morgan fingerprint density at radius 3 is 2.71 bits per heavy atom. The number of piperazine rings is 1. The Kier molecular flexibility index (Phi) is 5.45. The fraction of sp³-hybridized carbons (Fsp3) is 0.625. The van der Waals surface area contributed by atoms with Crippen molar-refractivity contribution >= 4 is 34.2 Å². The maximum atomic E-state index is 13.2. The summed E-state index contributed by atoms with van der Waals surface area (Å²) in [5.41, 5.74) is 0.956. The highest BCUT2D eigenvalue weighted by Gasteiger charge is 2.47. The molecule has 0 aromatic heterocycles. The molecule has 3 atom stereocenters. The second-order valence-electron chi connectivity index (χ2n) is 6.80. The zero-order valence-corrected chi connectivity index (χ0v) is 15.8. The first-order chi connectivity index (χ1) is 11.1. The number of benzene rings is 1. The van der Waals surface area contributed by atoms with E-state index in [1.165, 1.54) is 6.42 Å². The molecule has 1 aromatic carbocycles. The van der Waals surface area contributed by atoms with Crippen LogP contribution in [0.4, 0.5) is 0 Å². The molecule has 8 heteroatoms. The van der Waals surface area contributed by atoms with Gasteiger partial charge in [-0.25, -0.2) is 0 Å². The van der Waals surface area contributed by atoms with Gasteiger partial charge in [0.2, 0.25) is 0 Å². The van der Waals surface area contributed by atoms with Crippen LogP contribution in [0.25, 0.3) is 0 Å². The van der Waals surface area contributed by atoms with Gasteiger partial charge in [-0.05, 0) is 42.9 Å². The second kappa shape index (κ2) is 7.09. The minimum Gasteiger partial charge on any atom is -0.313 e. The van der Waals surface area contributed by atoms with Crippen LogP contribution in [0.15, 0.2) is 24.3 Å². The number of nitrogens with zero attached hydrogens (tertiary/aromatic N) is 2. The number of halogens is 2. The summed E-state index contributed by atoms with van der Waals surface area (Å²) >= 11 is 6.11. The first-order valence-corrected chi connectivity index (χ1v) is 10.1. The second-order valence-corrected chi connectivity index (χ2v) is 9.07. The van der Waals surface area contributed by atoms with Gasteiger partial charge < -0.3 is 5.32 Å². The van der Waals surface area contributed by atoms with Gasteiger partial charge in [0.15, 0.2) is 0 Å². The minimum absolute atomic E-state index is 0. The Morgan fingerprint density at radius 1 is 1.21 bits per heavy atom. The molecule has 0 radical (unpaired) electrons. The number of hydrogen-bond donors (Lipinski definition) is 1. The van der Waals surface area contributed by atoms with Crippen molar-refractivity contribution in [3.63, 3.8) is 0 Å². The molecule has 1 aromatic rings. The summed E-state index contributed by atoms with van der Waals surface area (Å²) in [5, 5.41) is 3.96. The first-order valence-electron chi connectivity index (χ1n) is 8.30. The Labute approximate surface area is 154 Å². The number of hydrogen-bond acceptors (Lipinski definition) is 3. The normalized spacial score (nSPS) is 31.1. The molecule has 134 valence electrons. The largest absolute Gasteiger partial charge is 0.313 e. The molecule has 2 saturated heterocycles. The molecule has 2 aliphatic heterocycles. The summed E-state index contributed by atoms with van der Waals surface area (Å²) < 4.78 is 29.9. The summed E-state index contributed by atoms with van der Waals surface area (Å²) in [6.45, 7) is 2.52. The fourth-order valence-electron chi connectivity index (χ4n) is 4.26. The van der Waals surface area contributed by atoms with Crippen molar-refractivity contribution in [2.24, 2.45) is 5.92 Å². The molecule has 2 bridgehead atoms. The molecule has 3 aliphatic rings. The maximum Gasteiger partial charge on any atom is 0.282 e. The quantitative estimate of drug-likeness (QED) is 0.860. The maximum absolute atomic E-state index is 13.2. The number of piperidine rings is 1. The van der Waals surface area contributed by atoms with Crippen molar-refractivity contribution in [3.05, 3.63) is 34.9 Å². The van der Waals surface area contributed by atoms with E-state index >= 15 is 0 Å². The Morgan fingerprint density at radius 2 is 2.04 bits per heavy atom. The van der Waals surface area contributed by atoms with Crippen LogP contribution >= 0.6 is 24.0 Å². The number of nitrogens with one attached hydrogen (secondary N) is 1. The van der Waals surface area contributed by atoms with Crippen LogP contribution < -0.4 is 5.32 Å². The Balaban J connectivity index is 0.00000169. The van der Waals surface area contributed by atoms with Crippen molar-refractivity contribution < 1.29 is 8.42 Å². The van der Waals surface area contributed by atoms with Crippen molar-refractivity contribution in [3.8, 4) is 0 Å². The fourth-order valence-corrected chi connectivity index (χ4v) is 6.53. The van der Waals surface area contributed by atoms with Crippen LogP contribution in [-0.2, 0) is 10.2 Å². The van der Waals surface area contributed by atoms with Gasteiger partial charge in [-0.3, -0.25) is 0 Å². The van der Waals surface area contributed by atoms with E-state index < -0.39 is 10.2 Å². The molecule has 4 rings (SSSR count). The molecule has 0 amide bonds. The third-order valence-corrected chi connectivity index (χ3v) is 7.68. The van der Waals surface area contributed by atoms with Gasteiger partial charge in [0.1, 0.15) is 0 Å². The summed E-state index contributed by atoms with van der Waals surface area (Å²) in [6, 6.07) is 7.56. The zero-order valence-electron chi connectivity index (χ0n) is 13.4. The van der Waals surface area contributed by atoms with E-state index in [-0.39, 0.29) is 24.5 Å². The Hall–Kier alpha value is -0.370. The van der Waals surface area contributed by atoms with Gasteiger partial charge in [-0.1, -0.05) is 23.7 Å². The lowest BCUT2D eigenvalue weighted by atomic mass is 10.1. The third kappa shape index (κ3) is 3.20. The van der Waals surface area contributed by atoms with Crippen LogP contribution in [0, 0.1) is 5.92 Å². The van der Waals surface area contributed by atoms with E-state index in [0.29, 0.717) is 37.1 Å². The molecule has 1 N–H and O–H groups in total. The highest BCUT2D eigenvalue weighted by Crippen LogP contribution is 2.41. The summed E-state index contributed by atoms with van der Waals surface area (Å²) in [5.74, 6) is 0.558. The van der Waals surface area contributed by atoms with Crippen molar-refractivity contribution in [1.29, 1.82) is 0 Å². The molecule has 1 saturated carbocycles. The average molecular weight is 392 g/mol. The lowest BCUT2D eigenvalue weighted by Crippen LogP contribution is -2.54. The van der Waals surface area contributed by atoms with Gasteiger partial charge >= 0.3 is 0 Å². The zero-order chi connectivity index (χ0) is 16.0. The summed E-state index contributed by atoms with van der Waals surface area (Å²) in [7, 11) is -3.42. The predicted octanol–water partition coefficient (Wildman–Crippen LogP) is 2.44. The highest BCUT2D eigenvalue weighted by atomic mass is 35.5. The average Bonchev–Trinajstić information content (AvgIpc) is 3.18. The first kappa shape index (κ1) is 18.4. The molecule has 1 aliphatic carbocycles. The lowest BCUT2D eigenvalue weighted by Gasteiger charge is -2.39. The lowest BCUT2D eigenvalue weighted by molar-refractivity contribution is 0.233. The van der Waals surface area contributed by atoms with Gasteiger partial charge in [0, 0.05) is 37.2 Å². The van der Waals surface area contributed by atoms with E-state index in [1.807, 2.05) is 24.3 Å². The monoisotopic (exact) mass is 391 g/mol. The topological polar surface area (TPSA) is 52.7 Å². The van der Waals surface area contributed by atoms with Crippen LogP contribution in [0.1, 0.15) is 30.9 Å². The molecule has 5 nitrogen and oxygen atoms in total. The van der Waals surface area contributed by atoms with E-state index in [0.717, 1.165) is 18.4 Å². The third-order valence-electron chi connectivity index (χ3n) is 5.38. The molecule has 24 heavy (non-hydrogen) atoms. The molecule has 3 fully saturated rings. The van der Waals surface area contributed by atoms with E-state index in [9.17, 15) is 8.42 Å². The number of fused-ring (bicyclic) bond motifs is 2. The molecular weight excluding hydrogens is 369 g/mol. The van der Waals surface area contributed by atoms with Crippen molar-refractivity contribution in [1.82, 2.24) is 13.9 Å². The van der Waals surface area contributed by atoms with Gasteiger partial charge in [-0.15, -0.1) is 12.4 Å². The highest BCUT2D eigenvalue weighted by molar-refractivity contribution is 7.86. The SMILES string of the molecule is Cl.O=S(=O)(N1CC2CCC1C2)N1CCNCC1c1cccc(Cl)c1. The van der Waals surface area contributed by atoms with Crippen LogP contribution in [0.3, 0.4) is 0 Å². The minimum atomic E-state index is -3.42. The van der Waals surface area contributed by atoms with Crippen LogP contribution in [0.5, 0.6) is 0 Å². The van der Waals surface area contributed by atoms with E-state index in [2.05, 4.69) is 5.32 Å². The standard InChI is InChI=1S/C16H22ClN3O2S.ClH/c17-14-3-1-2-13(9-14)16-10-18-6-7-19(16)23(21,22)20-11-12-4-5-15(20)8-12;/h1-3,9,12,15-16,18H,4-8,10-11H2;1H. The molecule has 2 heterocycles. The Bertz CT molecular complexity index is 700. The van der Waals surface area contributed by atoms with Gasteiger partial charge in [0.25, 0.3) is 10.2 Å². The summed E-state index contributed by atoms with van der Waals surface area (Å²) in [4.78, 5) is 0. The predicted molar refractivity (Wildman–Crippen MR) is 97.8 cm³/mol. The van der Waals surface area contributed by atoms with Gasteiger partial charge in [-0.2, -0.15) is 17.0 Å². The van der Waals surface area contributed by atoms with Crippen LogP contribution in [0.2, 0.25) is 5.02 Å². The molecule has 3 unspecified atom stereocenters. The van der Waals surface area contributed by atoms with Crippen molar-refractivity contribution in [2.45, 2.75) is 31.3 Å². The van der Waals surface area contributed by atoms with E-state index in [4.69, 9.17) is 11.6 Å². The number of rotatable bonds is 3. The summed E-state index contributed by atoms with van der Waals surface area (Å²) in [6.07, 6.45) is 3.22. The van der Waals surface area contributed by atoms with E-state index in [1.54, 1.807) is 8.61 Å². The smallest absolute Gasteiger partial charge is 0.282 e. The van der Waals surface area contributed by atoms with Crippen molar-refractivity contribution in [2.75, 3.05) is 26.2 Å².